The van der Waals surface area contributed by atoms with Crippen molar-refractivity contribution in [3.63, 3.8) is 0 Å². The van der Waals surface area contributed by atoms with Crippen molar-refractivity contribution >= 4 is 5.91 Å². The summed E-state index contributed by atoms with van der Waals surface area (Å²) in [6.45, 7) is 1.18. The zero-order chi connectivity index (χ0) is 9.97. The van der Waals surface area contributed by atoms with Crippen molar-refractivity contribution in [1.82, 2.24) is 4.90 Å². The van der Waals surface area contributed by atoms with Crippen molar-refractivity contribution < 1.29 is 9.21 Å². The van der Waals surface area contributed by atoms with Gasteiger partial charge in [0.1, 0.15) is 5.76 Å². The van der Waals surface area contributed by atoms with Gasteiger partial charge in [-0.1, -0.05) is 0 Å². The maximum atomic E-state index is 11.5. The maximum Gasteiger partial charge on any atom is 0.224 e. The summed E-state index contributed by atoms with van der Waals surface area (Å²) >= 11 is 0. The molecule has 0 aliphatic carbocycles. The number of carbonyl (C=O) groups is 1. The molecule has 1 unspecified atom stereocenters. The van der Waals surface area contributed by atoms with Gasteiger partial charge in [-0.3, -0.25) is 4.79 Å². The summed E-state index contributed by atoms with van der Waals surface area (Å²) in [6.07, 6.45) is 7.35. The summed E-state index contributed by atoms with van der Waals surface area (Å²) in [4.78, 5) is 13.2. The quantitative estimate of drug-likeness (QED) is 0.656. The second-order valence-electron chi connectivity index (χ2n) is 3.42. The maximum absolute atomic E-state index is 11.5. The van der Waals surface area contributed by atoms with Gasteiger partial charge in [0.2, 0.25) is 5.91 Å². The van der Waals surface area contributed by atoms with E-state index in [0.717, 1.165) is 5.76 Å². The number of terminal acetylenes is 1. The molecule has 1 aliphatic rings. The molecule has 1 atom stereocenters. The van der Waals surface area contributed by atoms with E-state index in [-0.39, 0.29) is 11.8 Å². The van der Waals surface area contributed by atoms with Gasteiger partial charge in [-0.25, -0.2) is 0 Å². The Morgan fingerprint density at radius 2 is 2.57 bits per heavy atom. The molecule has 3 heteroatoms. The van der Waals surface area contributed by atoms with Crippen LogP contribution in [0, 0.1) is 18.3 Å². The highest BCUT2D eigenvalue weighted by Gasteiger charge is 2.28. The Hall–Kier alpha value is -1.69. The minimum atomic E-state index is 0.0671. The fraction of sp³-hybridized carbons (Fsp3) is 0.364. The summed E-state index contributed by atoms with van der Waals surface area (Å²) in [5.41, 5.74) is 0. The van der Waals surface area contributed by atoms with Crippen LogP contribution >= 0.6 is 0 Å². The van der Waals surface area contributed by atoms with Crippen LogP contribution in [0.25, 0.3) is 0 Å². The first-order chi connectivity index (χ1) is 6.79. The standard InChI is InChI=1S/C11H11NO2/c1-2-9-6-11(13)12(7-9)8-10-4-3-5-14-10/h1,3-5,9H,6-8H2. The van der Waals surface area contributed by atoms with Crippen molar-refractivity contribution in [3.8, 4) is 12.3 Å². The molecule has 1 aliphatic heterocycles. The van der Waals surface area contributed by atoms with Crippen LogP contribution in [0.4, 0.5) is 0 Å². The summed E-state index contributed by atoms with van der Waals surface area (Å²) in [7, 11) is 0. The lowest BCUT2D eigenvalue weighted by molar-refractivity contribution is -0.128. The molecule has 1 aromatic heterocycles. The lowest BCUT2D eigenvalue weighted by Gasteiger charge is -2.13. The molecule has 1 aromatic rings. The fourth-order valence-electron chi connectivity index (χ4n) is 1.63. The number of hydrogen-bond donors (Lipinski definition) is 0. The molecule has 0 radical (unpaired) electrons. The van der Waals surface area contributed by atoms with E-state index in [0.29, 0.717) is 19.5 Å². The Morgan fingerprint density at radius 3 is 3.14 bits per heavy atom. The topological polar surface area (TPSA) is 33.5 Å². The largest absolute Gasteiger partial charge is 0.467 e. The zero-order valence-corrected chi connectivity index (χ0v) is 7.77. The van der Waals surface area contributed by atoms with Gasteiger partial charge < -0.3 is 9.32 Å². The second kappa shape index (κ2) is 3.59. The second-order valence-corrected chi connectivity index (χ2v) is 3.42. The van der Waals surface area contributed by atoms with Crippen molar-refractivity contribution in [2.45, 2.75) is 13.0 Å². The third-order valence-electron chi connectivity index (χ3n) is 2.38. The molecule has 2 heterocycles. The van der Waals surface area contributed by atoms with Crippen LogP contribution in [0.1, 0.15) is 12.2 Å². The van der Waals surface area contributed by atoms with E-state index in [9.17, 15) is 4.79 Å². The van der Waals surface area contributed by atoms with Gasteiger partial charge in [0.15, 0.2) is 0 Å². The summed E-state index contributed by atoms with van der Waals surface area (Å²) < 4.78 is 5.17. The minimum absolute atomic E-state index is 0.0671. The molecule has 72 valence electrons. The summed E-state index contributed by atoms with van der Waals surface area (Å²) in [5, 5.41) is 0. The van der Waals surface area contributed by atoms with E-state index in [1.807, 2.05) is 12.1 Å². The predicted octanol–water partition coefficient (Wildman–Crippen LogP) is 1.26. The van der Waals surface area contributed by atoms with Gasteiger partial charge in [0.05, 0.1) is 12.8 Å². The molecule has 0 N–H and O–H groups in total. The Kier molecular flexibility index (Phi) is 2.28. The van der Waals surface area contributed by atoms with Gasteiger partial charge in [0.25, 0.3) is 0 Å². The number of nitrogens with zero attached hydrogens (tertiary/aromatic N) is 1. The molecule has 3 nitrogen and oxygen atoms in total. The minimum Gasteiger partial charge on any atom is -0.467 e. The number of furan rings is 1. The number of rotatable bonds is 2. The van der Waals surface area contributed by atoms with Gasteiger partial charge in [-0.15, -0.1) is 12.3 Å². The lowest BCUT2D eigenvalue weighted by Crippen LogP contribution is -2.24. The Labute approximate surface area is 82.7 Å². The van der Waals surface area contributed by atoms with Crippen LogP contribution in [0.2, 0.25) is 0 Å². The highest BCUT2D eigenvalue weighted by Crippen LogP contribution is 2.19. The number of likely N-dealkylation sites (tertiary alicyclic amines) is 1. The third-order valence-corrected chi connectivity index (χ3v) is 2.38. The predicted molar refractivity (Wildman–Crippen MR) is 51.1 cm³/mol. The first-order valence-corrected chi connectivity index (χ1v) is 4.56. The van der Waals surface area contributed by atoms with Crippen LogP contribution in [0.15, 0.2) is 22.8 Å². The van der Waals surface area contributed by atoms with Crippen molar-refractivity contribution in [1.29, 1.82) is 0 Å². The number of hydrogen-bond acceptors (Lipinski definition) is 2. The Morgan fingerprint density at radius 1 is 1.71 bits per heavy atom. The van der Waals surface area contributed by atoms with E-state index < -0.39 is 0 Å². The molecule has 0 bridgehead atoms. The normalized spacial score (nSPS) is 21.2. The summed E-state index contributed by atoms with van der Waals surface area (Å²) in [6, 6.07) is 3.67. The van der Waals surface area contributed by atoms with Crippen LogP contribution in [-0.2, 0) is 11.3 Å². The van der Waals surface area contributed by atoms with Crippen LogP contribution in [-0.4, -0.2) is 17.4 Å². The van der Waals surface area contributed by atoms with Crippen molar-refractivity contribution in [2.24, 2.45) is 5.92 Å². The van der Waals surface area contributed by atoms with E-state index in [4.69, 9.17) is 10.8 Å². The molecular formula is C11H11NO2. The molecular weight excluding hydrogens is 178 g/mol. The molecule has 1 saturated heterocycles. The zero-order valence-electron chi connectivity index (χ0n) is 7.77. The third kappa shape index (κ3) is 1.64. The van der Waals surface area contributed by atoms with Gasteiger partial charge in [-0.2, -0.15) is 0 Å². The van der Waals surface area contributed by atoms with Crippen LogP contribution in [0.5, 0.6) is 0 Å². The summed E-state index contributed by atoms with van der Waals surface area (Å²) in [5.74, 6) is 3.59. The van der Waals surface area contributed by atoms with E-state index in [1.165, 1.54) is 0 Å². The first-order valence-electron chi connectivity index (χ1n) is 4.56. The van der Waals surface area contributed by atoms with Gasteiger partial charge >= 0.3 is 0 Å². The Balaban J connectivity index is 2.00. The first kappa shape index (κ1) is 8.89. The lowest BCUT2D eigenvalue weighted by atomic mass is 10.1. The molecule has 1 amide bonds. The average Bonchev–Trinajstić information content (AvgIpc) is 2.78. The van der Waals surface area contributed by atoms with Crippen molar-refractivity contribution in [3.05, 3.63) is 24.2 Å². The van der Waals surface area contributed by atoms with Crippen LogP contribution < -0.4 is 0 Å². The molecule has 14 heavy (non-hydrogen) atoms. The monoisotopic (exact) mass is 189 g/mol. The fourth-order valence-corrected chi connectivity index (χ4v) is 1.63. The van der Waals surface area contributed by atoms with Gasteiger partial charge in [0, 0.05) is 18.9 Å². The Bertz CT molecular complexity index is 361. The van der Waals surface area contributed by atoms with E-state index in [1.54, 1.807) is 11.2 Å². The van der Waals surface area contributed by atoms with Crippen molar-refractivity contribution in [2.75, 3.05) is 6.54 Å². The molecule has 2 rings (SSSR count). The average molecular weight is 189 g/mol. The highest BCUT2D eigenvalue weighted by atomic mass is 16.3. The highest BCUT2D eigenvalue weighted by molar-refractivity contribution is 5.79. The molecule has 0 spiro atoms. The van der Waals surface area contributed by atoms with E-state index >= 15 is 0 Å². The number of carbonyl (C=O) groups excluding carboxylic acids is 1. The van der Waals surface area contributed by atoms with Crippen LogP contribution in [0.3, 0.4) is 0 Å². The SMILES string of the molecule is C#CC1CC(=O)N(Cc2ccco2)C1. The molecule has 0 saturated carbocycles. The van der Waals surface area contributed by atoms with E-state index in [2.05, 4.69) is 5.92 Å². The smallest absolute Gasteiger partial charge is 0.224 e. The van der Waals surface area contributed by atoms with Gasteiger partial charge in [-0.05, 0) is 12.1 Å². The molecule has 1 fully saturated rings. The number of amides is 1. The molecule has 0 aromatic carbocycles.